The average Bonchev–Trinajstić information content (AvgIpc) is 2.93. The van der Waals surface area contributed by atoms with Crippen molar-refractivity contribution in [2.75, 3.05) is 18.7 Å². The van der Waals surface area contributed by atoms with Crippen molar-refractivity contribution in [2.24, 2.45) is 0 Å². The van der Waals surface area contributed by atoms with Crippen LogP contribution in [0.5, 0.6) is 5.75 Å². The second-order valence-corrected chi connectivity index (χ2v) is 5.77. The topological polar surface area (TPSA) is 50.4 Å². The monoisotopic (exact) mass is 280 g/mol. The first-order valence-corrected chi connectivity index (χ1v) is 7.50. The second kappa shape index (κ2) is 6.30. The number of carbonyl (C=O) groups excluding carboxylic acids is 1. The number of thioether (sulfide) groups is 1. The van der Waals surface area contributed by atoms with Crippen LogP contribution in [0.4, 0.5) is 0 Å². The number of benzene rings is 1. The molecule has 0 aromatic heterocycles. The molecule has 1 atom stereocenters. The molecule has 1 aliphatic rings. The van der Waals surface area contributed by atoms with E-state index in [0.29, 0.717) is 6.54 Å². The highest BCUT2D eigenvalue weighted by Crippen LogP contribution is 2.22. The Morgan fingerprint density at radius 3 is 2.89 bits per heavy atom. The first kappa shape index (κ1) is 14.2. The summed E-state index contributed by atoms with van der Waals surface area (Å²) in [6.07, 6.45) is 0. The van der Waals surface area contributed by atoms with Gasteiger partial charge in [-0.25, -0.2) is 0 Å². The number of nitrogens with one attached hydrogen (secondary N) is 2. The molecule has 1 amide bonds. The molecule has 2 rings (SSSR count). The van der Waals surface area contributed by atoms with Crippen LogP contribution in [0, 0.1) is 13.8 Å². The van der Waals surface area contributed by atoms with Crippen LogP contribution < -0.4 is 15.4 Å². The molecule has 4 nitrogen and oxygen atoms in total. The number of hydrogen-bond donors (Lipinski definition) is 2. The first-order chi connectivity index (χ1) is 9.11. The molecule has 1 unspecified atom stereocenters. The van der Waals surface area contributed by atoms with E-state index in [1.54, 1.807) is 18.9 Å². The fraction of sp³-hybridized carbons (Fsp3) is 0.500. The molecule has 2 N–H and O–H groups in total. The maximum absolute atomic E-state index is 11.9. The highest BCUT2D eigenvalue weighted by Gasteiger charge is 2.22. The molecular weight excluding hydrogens is 260 g/mol. The molecule has 104 valence electrons. The van der Waals surface area contributed by atoms with Crippen molar-refractivity contribution < 1.29 is 9.53 Å². The molecule has 1 fully saturated rings. The minimum atomic E-state index is -0.0512. The van der Waals surface area contributed by atoms with Crippen LogP contribution in [0.15, 0.2) is 12.1 Å². The number of aryl methyl sites for hydroxylation is 2. The summed E-state index contributed by atoms with van der Waals surface area (Å²) in [6, 6.07) is 4.04. The van der Waals surface area contributed by atoms with Gasteiger partial charge in [0.1, 0.15) is 5.75 Å². The second-order valence-electron chi connectivity index (χ2n) is 4.74. The molecule has 0 bridgehead atoms. The number of amides is 1. The molecule has 19 heavy (non-hydrogen) atoms. The fourth-order valence-corrected chi connectivity index (χ4v) is 3.07. The van der Waals surface area contributed by atoms with E-state index in [9.17, 15) is 4.79 Å². The van der Waals surface area contributed by atoms with Gasteiger partial charge in [0.2, 0.25) is 5.91 Å². The molecule has 5 heteroatoms. The van der Waals surface area contributed by atoms with E-state index >= 15 is 0 Å². The van der Waals surface area contributed by atoms with Gasteiger partial charge in [0.05, 0.1) is 13.2 Å². The van der Waals surface area contributed by atoms with Gasteiger partial charge in [-0.3, -0.25) is 10.1 Å². The summed E-state index contributed by atoms with van der Waals surface area (Å²) < 4.78 is 5.29. The van der Waals surface area contributed by atoms with Gasteiger partial charge >= 0.3 is 0 Å². The zero-order valence-corrected chi connectivity index (χ0v) is 12.4. The molecule has 1 heterocycles. The third-order valence-electron chi connectivity index (χ3n) is 3.34. The quantitative estimate of drug-likeness (QED) is 0.879. The van der Waals surface area contributed by atoms with Crippen LogP contribution in [0.3, 0.4) is 0 Å². The van der Waals surface area contributed by atoms with Gasteiger partial charge in [-0.05, 0) is 36.6 Å². The maximum atomic E-state index is 11.9. The van der Waals surface area contributed by atoms with Gasteiger partial charge in [-0.1, -0.05) is 6.07 Å². The summed E-state index contributed by atoms with van der Waals surface area (Å²) in [5.74, 6) is 2.69. The summed E-state index contributed by atoms with van der Waals surface area (Å²) in [5, 5.41) is 6.16. The Morgan fingerprint density at radius 1 is 1.47 bits per heavy atom. The van der Waals surface area contributed by atoms with Crippen molar-refractivity contribution in [3.05, 3.63) is 28.8 Å². The van der Waals surface area contributed by atoms with E-state index < -0.39 is 0 Å². The van der Waals surface area contributed by atoms with E-state index in [0.717, 1.165) is 34.1 Å². The zero-order valence-electron chi connectivity index (χ0n) is 11.6. The van der Waals surface area contributed by atoms with Gasteiger partial charge in [-0.2, -0.15) is 0 Å². The van der Waals surface area contributed by atoms with Crippen molar-refractivity contribution in [3.8, 4) is 5.75 Å². The van der Waals surface area contributed by atoms with Crippen LogP contribution in [0.2, 0.25) is 0 Å². The summed E-state index contributed by atoms with van der Waals surface area (Å²) in [4.78, 5) is 11.9. The highest BCUT2D eigenvalue weighted by molar-refractivity contribution is 7.99. The van der Waals surface area contributed by atoms with E-state index in [4.69, 9.17) is 4.74 Å². The van der Waals surface area contributed by atoms with Gasteiger partial charge in [-0.15, -0.1) is 11.8 Å². The fourth-order valence-electron chi connectivity index (χ4n) is 2.13. The van der Waals surface area contributed by atoms with E-state index in [2.05, 4.69) is 16.7 Å². The van der Waals surface area contributed by atoms with Crippen LogP contribution in [0.1, 0.15) is 16.7 Å². The Morgan fingerprint density at radius 2 is 2.26 bits per heavy atom. The van der Waals surface area contributed by atoms with Gasteiger partial charge in [0, 0.05) is 18.2 Å². The van der Waals surface area contributed by atoms with E-state index in [1.807, 2.05) is 19.9 Å². The Labute approximate surface area is 118 Å². The van der Waals surface area contributed by atoms with Crippen molar-refractivity contribution in [1.82, 2.24) is 10.6 Å². The lowest BCUT2D eigenvalue weighted by Gasteiger charge is -2.14. The van der Waals surface area contributed by atoms with Gasteiger partial charge < -0.3 is 10.1 Å². The Bertz CT molecular complexity index is 471. The number of carbonyl (C=O) groups is 1. The van der Waals surface area contributed by atoms with Gasteiger partial charge in [0.15, 0.2) is 0 Å². The predicted octanol–water partition coefficient (Wildman–Crippen LogP) is 1.59. The minimum absolute atomic E-state index is 0.0512. The molecule has 1 aromatic rings. The van der Waals surface area contributed by atoms with Crippen LogP contribution in [-0.4, -0.2) is 30.7 Å². The average molecular weight is 280 g/mol. The third kappa shape index (κ3) is 3.42. The lowest BCUT2D eigenvalue weighted by molar-refractivity contribution is -0.122. The number of ether oxygens (including phenoxy) is 1. The van der Waals surface area contributed by atoms with E-state index in [1.165, 1.54) is 0 Å². The summed E-state index contributed by atoms with van der Waals surface area (Å²) in [6.45, 7) is 4.62. The molecule has 0 aliphatic carbocycles. The molecular formula is C14H20N2O2S. The Kier molecular flexibility index (Phi) is 4.71. The van der Waals surface area contributed by atoms with Crippen molar-refractivity contribution in [1.29, 1.82) is 0 Å². The Balaban J connectivity index is 1.99. The molecule has 0 saturated carbocycles. The van der Waals surface area contributed by atoms with Gasteiger partial charge in [0.25, 0.3) is 0 Å². The van der Waals surface area contributed by atoms with Crippen LogP contribution in [-0.2, 0) is 11.3 Å². The standard InChI is InChI=1S/C14H20N2O2S/c1-9-5-13(18-3)10(2)4-11(9)6-15-14(17)12-7-19-8-16-12/h4-5,12,16H,6-8H2,1-3H3,(H,15,17). The Hall–Kier alpha value is -1.20. The van der Waals surface area contributed by atoms with Crippen molar-refractivity contribution in [2.45, 2.75) is 26.4 Å². The largest absolute Gasteiger partial charge is 0.496 e. The highest BCUT2D eigenvalue weighted by atomic mass is 32.2. The SMILES string of the molecule is COc1cc(C)c(CNC(=O)C2CSCN2)cc1C. The van der Waals surface area contributed by atoms with Crippen molar-refractivity contribution >= 4 is 17.7 Å². The molecule has 1 saturated heterocycles. The maximum Gasteiger partial charge on any atom is 0.238 e. The number of rotatable bonds is 4. The third-order valence-corrected chi connectivity index (χ3v) is 4.28. The number of hydrogen-bond acceptors (Lipinski definition) is 4. The van der Waals surface area contributed by atoms with Crippen molar-refractivity contribution in [3.63, 3.8) is 0 Å². The molecule has 0 spiro atoms. The molecule has 1 aromatic carbocycles. The van der Waals surface area contributed by atoms with E-state index in [-0.39, 0.29) is 11.9 Å². The smallest absolute Gasteiger partial charge is 0.238 e. The lowest BCUT2D eigenvalue weighted by atomic mass is 10.0. The summed E-state index contributed by atoms with van der Waals surface area (Å²) in [7, 11) is 1.67. The predicted molar refractivity (Wildman–Crippen MR) is 78.6 cm³/mol. The van der Waals surface area contributed by atoms with Crippen LogP contribution >= 0.6 is 11.8 Å². The molecule has 1 aliphatic heterocycles. The minimum Gasteiger partial charge on any atom is -0.496 e. The lowest BCUT2D eigenvalue weighted by Crippen LogP contribution is -2.41. The summed E-state index contributed by atoms with van der Waals surface area (Å²) >= 11 is 1.75. The zero-order chi connectivity index (χ0) is 13.8. The van der Waals surface area contributed by atoms with Crippen LogP contribution in [0.25, 0.3) is 0 Å². The first-order valence-electron chi connectivity index (χ1n) is 6.34. The molecule has 0 radical (unpaired) electrons. The normalized spacial score (nSPS) is 18.4. The summed E-state index contributed by atoms with van der Waals surface area (Å²) in [5.41, 5.74) is 3.36. The number of methoxy groups -OCH3 is 1.